The van der Waals surface area contributed by atoms with Crippen molar-refractivity contribution in [2.45, 2.75) is 6.61 Å². The van der Waals surface area contributed by atoms with Crippen LogP contribution in [0.15, 0.2) is 36.7 Å². The highest BCUT2D eigenvalue weighted by Gasteiger charge is 2.11. The number of fused-ring (bicyclic) bond motifs is 1. The van der Waals surface area contributed by atoms with Crippen LogP contribution in [0.2, 0.25) is 0 Å². The molecule has 0 atom stereocenters. The lowest BCUT2D eigenvalue weighted by Gasteiger charge is -1.99. The molecule has 0 aliphatic carbocycles. The van der Waals surface area contributed by atoms with Gasteiger partial charge in [-0.3, -0.25) is 9.97 Å². The Morgan fingerprint density at radius 1 is 1.12 bits per heavy atom. The number of aromatic nitrogens is 3. The van der Waals surface area contributed by atoms with E-state index in [4.69, 9.17) is 0 Å². The van der Waals surface area contributed by atoms with E-state index in [1.54, 1.807) is 23.7 Å². The van der Waals surface area contributed by atoms with Crippen molar-refractivity contribution in [3.05, 3.63) is 42.4 Å². The minimum Gasteiger partial charge on any atom is -0.390 e. The number of thiazole rings is 1. The summed E-state index contributed by atoms with van der Waals surface area (Å²) >= 11 is 1.56. The maximum absolute atomic E-state index is 9.23. The molecule has 17 heavy (non-hydrogen) atoms. The van der Waals surface area contributed by atoms with Crippen LogP contribution >= 0.6 is 11.3 Å². The van der Waals surface area contributed by atoms with Gasteiger partial charge in [0.15, 0.2) is 0 Å². The van der Waals surface area contributed by atoms with Crippen molar-refractivity contribution in [3.8, 4) is 10.7 Å². The monoisotopic (exact) mass is 243 g/mol. The van der Waals surface area contributed by atoms with E-state index >= 15 is 0 Å². The van der Waals surface area contributed by atoms with E-state index in [0.29, 0.717) is 11.4 Å². The second-order valence-corrected chi connectivity index (χ2v) is 4.53. The fraction of sp³-hybridized carbons (Fsp3) is 0.0833. The molecule has 5 heteroatoms. The number of para-hydroxylation sites is 1. The van der Waals surface area contributed by atoms with Crippen LogP contribution in [0.5, 0.6) is 0 Å². The molecule has 0 saturated heterocycles. The Morgan fingerprint density at radius 2 is 1.94 bits per heavy atom. The lowest BCUT2D eigenvalue weighted by Crippen LogP contribution is -1.95. The maximum atomic E-state index is 9.23. The van der Waals surface area contributed by atoms with Crippen molar-refractivity contribution >= 4 is 21.6 Å². The normalized spacial score (nSPS) is 10.9. The number of benzene rings is 1. The second kappa shape index (κ2) is 4.20. The van der Waals surface area contributed by atoms with Crippen LogP contribution in [0.4, 0.5) is 0 Å². The predicted octanol–water partition coefficient (Wildman–Crippen LogP) is 2.25. The van der Waals surface area contributed by atoms with E-state index in [2.05, 4.69) is 15.0 Å². The lowest BCUT2D eigenvalue weighted by atomic mass is 10.3. The van der Waals surface area contributed by atoms with Gasteiger partial charge < -0.3 is 5.11 Å². The van der Waals surface area contributed by atoms with Crippen molar-refractivity contribution in [3.63, 3.8) is 0 Å². The third-order valence-corrected chi connectivity index (χ3v) is 3.46. The summed E-state index contributed by atoms with van der Waals surface area (Å²) in [7, 11) is 0. The Balaban J connectivity index is 2.20. The smallest absolute Gasteiger partial charge is 0.145 e. The molecule has 0 unspecified atom stereocenters. The van der Waals surface area contributed by atoms with Crippen LogP contribution in [0.3, 0.4) is 0 Å². The third-order valence-electron chi connectivity index (χ3n) is 2.42. The SMILES string of the molecule is OCc1nccnc1-c1nc2ccccc2s1. The molecule has 3 aromatic rings. The Bertz CT molecular complexity index is 632. The Kier molecular flexibility index (Phi) is 2.55. The number of aliphatic hydroxyl groups excluding tert-OH is 1. The molecule has 2 aromatic heterocycles. The second-order valence-electron chi connectivity index (χ2n) is 3.50. The maximum Gasteiger partial charge on any atom is 0.145 e. The van der Waals surface area contributed by atoms with E-state index in [1.165, 1.54) is 0 Å². The van der Waals surface area contributed by atoms with Crippen molar-refractivity contribution < 1.29 is 5.11 Å². The molecule has 0 amide bonds. The van der Waals surface area contributed by atoms with Gasteiger partial charge in [0, 0.05) is 12.4 Å². The first kappa shape index (κ1) is 10.3. The molecule has 0 radical (unpaired) electrons. The van der Waals surface area contributed by atoms with Crippen LogP contribution in [-0.2, 0) is 6.61 Å². The zero-order chi connectivity index (χ0) is 11.7. The van der Waals surface area contributed by atoms with Gasteiger partial charge in [0.05, 0.1) is 22.5 Å². The molecule has 84 valence electrons. The summed E-state index contributed by atoms with van der Waals surface area (Å²) in [5.41, 5.74) is 2.17. The molecule has 3 rings (SSSR count). The van der Waals surface area contributed by atoms with Gasteiger partial charge in [-0.25, -0.2) is 4.98 Å². The summed E-state index contributed by atoms with van der Waals surface area (Å²) in [6.45, 7) is -0.126. The summed E-state index contributed by atoms with van der Waals surface area (Å²) < 4.78 is 1.11. The molecule has 4 nitrogen and oxygen atoms in total. The van der Waals surface area contributed by atoms with Gasteiger partial charge in [0.1, 0.15) is 10.7 Å². The average molecular weight is 243 g/mol. The quantitative estimate of drug-likeness (QED) is 0.750. The predicted molar refractivity (Wildman–Crippen MR) is 66.6 cm³/mol. The van der Waals surface area contributed by atoms with Gasteiger partial charge in [0.25, 0.3) is 0 Å². The summed E-state index contributed by atoms with van der Waals surface area (Å²) in [4.78, 5) is 12.8. The largest absolute Gasteiger partial charge is 0.390 e. The molecule has 0 saturated carbocycles. The van der Waals surface area contributed by atoms with Crippen LogP contribution in [0.1, 0.15) is 5.69 Å². The molecule has 1 aromatic carbocycles. The fourth-order valence-electron chi connectivity index (χ4n) is 1.63. The van der Waals surface area contributed by atoms with E-state index in [-0.39, 0.29) is 6.61 Å². The van der Waals surface area contributed by atoms with E-state index < -0.39 is 0 Å². The van der Waals surface area contributed by atoms with Crippen molar-refractivity contribution in [2.24, 2.45) is 0 Å². The van der Waals surface area contributed by atoms with E-state index in [9.17, 15) is 5.11 Å². The molecule has 0 aliphatic rings. The summed E-state index contributed by atoms with van der Waals surface area (Å²) in [5, 5.41) is 10.0. The summed E-state index contributed by atoms with van der Waals surface area (Å²) in [6, 6.07) is 7.92. The minimum absolute atomic E-state index is 0.126. The number of hydrogen-bond donors (Lipinski definition) is 1. The molecular formula is C12H9N3OS. The fourth-order valence-corrected chi connectivity index (χ4v) is 2.62. The topological polar surface area (TPSA) is 58.9 Å². The standard InChI is InChI=1S/C12H9N3OS/c16-7-9-11(14-6-5-13-9)12-15-8-3-1-2-4-10(8)17-12/h1-6,16H,7H2. The first-order valence-electron chi connectivity index (χ1n) is 5.15. The highest BCUT2D eigenvalue weighted by atomic mass is 32.1. The van der Waals surface area contributed by atoms with E-state index in [0.717, 1.165) is 15.2 Å². The molecule has 0 aliphatic heterocycles. The van der Waals surface area contributed by atoms with Crippen molar-refractivity contribution in [1.29, 1.82) is 0 Å². The van der Waals surface area contributed by atoms with Crippen LogP contribution in [0, 0.1) is 0 Å². The third kappa shape index (κ3) is 1.79. The van der Waals surface area contributed by atoms with E-state index in [1.807, 2.05) is 24.3 Å². The van der Waals surface area contributed by atoms with Crippen LogP contribution in [-0.4, -0.2) is 20.1 Å². The highest BCUT2D eigenvalue weighted by molar-refractivity contribution is 7.21. The van der Waals surface area contributed by atoms with Crippen LogP contribution < -0.4 is 0 Å². The van der Waals surface area contributed by atoms with Gasteiger partial charge in [0.2, 0.25) is 0 Å². The van der Waals surface area contributed by atoms with Gasteiger partial charge in [-0.2, -0.15) is 0 Å². The first-order chi connectivity index (χ1) is 8.38. The van der Waals surface area contributed by atoms with Gasteiger partial charge >= 0.3 is 0 Å². The molecule has 2 heterocycles. The molecule has 0 spiro atoms. The molecule has 0 fully saturated rings. The van der Waals surface area contributed by atoms with Crippen molar-refractivity contribution in [2.75, 3.05) is 0 Å². The summed E-state index contributed by atoms with van der Waals surface area (Å²) in [5.74, 6) is 0. The Hall–Kier alpha value is -1.85. The highest BCUT2D eigenvalue weighted by Crippen LogP contribution is 2.29. The number of nitrogens with zero attached hydrogens (tertiary/aromatic N) is 3. The molecular weight excluding hydrogens is 234 g/mol. The number of rotatable bonds is 2. The zero-order valence-electron chi connectivity index (χ0n) is 8.87. The number of aliphatic hydroxyl groups is 1. The van der Waals surface area contributed by atoms with Gasteiger partial charge in [-0.05, 0) is 12.1 Å². The minimum atomic E-state index is -0.126. The molecule has 0 bridgehead atoms. The van der Waals surface area contributed by atoms with Crippen molar-refractivity contribution in [1.82, 2.24) is 15.0 Å². The summed E-state index contributed by atoms with van der Waals surface area (Å²) in [6.07, 6.45) is 3.18. The number of hydrogen-bond acceptors (Lipinski definition) is 5. The van der Waals surface area contributed by atoms with Gasteiger partial charge in [-0.15, -0.1) is 11.3 Å². The van der Waals surface area contributed by atoms with Gasteiger partial charge in [-0.1, -0.05) is 12.1 Å². The first-order valence-corrected chi connectivity index (χ1v) is 5.97. The zero-order valence-corrected chi connectivity index (χ0v) is 9.68. The average Bonchev–Trinajstić information content (AvgIpc) is 2.82. The Labute approximate surface area is 102 Å². The molecule has 1 N–H and O–H groups in total. The lowest BCUT2D eigenvalue weighted by molar-refractivity contribution is 0.277. The van der Waals surface area contributed by atoms with Crippen LogP contribution in [0.25, 0.3) is 20.9 Å². The Morgan fingerprint density at radius 3 is 2.76 bits per heavy atom.